The van der Waals surface area contributed by atoms with E-state index in [1.54, 1.807) is 42.7 Å². The van der Waals surface area contributed by atoms with Gasteiger partial charge in [0.25, 0.3) is 0 Å². The second kappa shape index (κ2) is 8.15. The van der Waals surface area contributed by atoms with Gasteiger partial charge in [0.05, 0.1) is 40.1 Å². The highest BCUT2D eigenvalue weighted by Crippen LogP contribution is 2.37. The minimum absolute atomic E-state index is 0.184. The number of aliphatic hydroxyl groups excluding tert-OH is 1. The number of fused-ring (bicyclic) bond motifs is 1. The zero-order valence-electron chi connectivity index (χ0n) is 16.0. The predicted molar refractivity (Wildman–Crippen MR) is 115 cm³/mol. The van der Waals surface area contributed by atoms with Gasteiger partial charge in [0.15, 0.2) is 6.04 Å². The number of esters is 1. The highest BCUT2D eigenvalue weighted by atomic mass is 35.5. The second-order valence-corrected chi connectivity index (χ2v) is 7.63. The number of halogens is 2. The minimum atomic E-state index is -1.09. The van der Waals surface area contributed by atoms with E-state index in [1.165, 1.54) is 0 Å². The molecule has 2 aromatic heterocycles. The molecule has 3 heterocycles. The molecule has 7 nitrogen and oxygen atoms in total. The molecule has 1 aliphatic rings. The van der Waals surface area contributed by atoms with E-state index >= 15 is 0 Å². The maximum absolute atomic E-state index is 12.6. The Morgan fingerprint density at radius 3 is 2.90 bits per heavy atom. The maximum Gasteiger partial charge on any atom is 0.331 e. The van der Waals surface area contributed by atoms with Gasteiger partial charge < -0.3 is 19.3 Å². The molecular formula is C21H18Cl2N4O3. The van der Waals surface area contributed by atoms with E-state index in [0.29, 0.717) is 21.4 Å². The molecule has 3 aromatic rings. The number of rotatable bonds is 4. The molecule has 0 radical (unpaired) electrons. The first-order chi connectivity index (χ1) is 14.5. The number of imidazole rings is 1. The average Bonchev–Trinajstić information content (AvgIpc) is 3.38. The van der Waals surface area contributed by atoms with E-state index in [1.807, 2.05) is 10.6 Å². The molecule has 0 aliphatic carbocycles. The van der Waals surface area contributed by atoms with Crippen molar-refractivity contribution in [3.8, 4) is 18.0 Å². The van der Waals surface area contributed by atoms with Gasteiger partial charge in [-0.05, 0) is 19.1 Å². The van der Waals surface area contributed by atoms with Crippen LogP contribution in [0.3, 0.4) is 0 Å². The van der Waals surface area contributed by atoms with Gasteiger partial charge in [-0.15, -0.1) is 6.42 Å². The SMILES string of the molecule is C#C[C@@H]1CN(c2cc(-n3ccnc3)c3ccc(Cl)c(Cl)c3n2)[C@H](C(=O)OCC)[C@H]1O. The van der Waals surface area contributed by atoms with Crippen molar-refractivity contribution < 1.29 is 14.6 Å². The van der Waals surface area contributed by atoms with E-state index in [0.717, 1.165) is 11.1 Å². The summed E-state index contributed by atoms with van der Waals surface area (Å²) >= 11 is 12.7. The number of hydrogen-bond acceptors (Lipinski definition) is 6. The lowest BCUT2D eigenvalue weighted by Gasteiger charge is -2.26. The molecule has 0 unspecified atom stereocenters. The summed E-state index contributed by atoms with van der Waals surface area (Å²) in [6.45, 7) is 2.13. The van der Waals surface area contributed by atoms with Crippen LogP contribution in [0.15, 0.2) is 36.9 Å². The van der Waals surface area contributed by atoms with Crippen molar-refractivity contribution in [1.82, 2.24) is 14.5 Å². The molecule has 0 spiro atoms. The van der Waals surface area contributed by atoms with Crippen LogP contribution in [0.25, 0.3) is 16.6 Å². The summed E-state index contributed by atoms with van der Waals surface area (Å²) in [7, 11) is 0. The number of nitrogens with zero attached hydrogens (tertiary/aromatic N) is 4. The van der Waals surface area contributed by atoms with E-state index in [9.17, 15) is 9.90 Å². The number of carbonyl (C=O) groups excluding carboxylic acids is 1. The standard InChI is InChI=1S/C21H18Cl2N4O3/c1-3-12-10-27(19(20(12)28)21(29)30-4-2)16-9-15(26-8-7-24-11-26)13-5-6-14(22)17(23)18(13)25-16/h1,5-9,11-12,19-20,28H,4,10H2,2H3/t12-,19+,20+/m1/s1. The van der Waals surface area contributed by atoms with Gasteiger partial charge in [-0.1, -0.05) is 29.1 Å². The smallest absolute Gasteiger partial charge is 0.331 e. The molecule has 1 aliphatic heterocycles. The molecular weight excluding hydrogens is 427 g/mol. The molecule has 1 N–H and O–H groups in total. The van der Waals surface area contributed by atoms with Crippen molar-refractivity contribution in [3.05, 3.63) is 47.0 Å². The lowest BCUT2D eigenvalue weighted by molar-refractivity contribution is -0.146. The van der Waals surface area contributed by atoms with E-state index < -0.39 is 24.0 Å². The first-order valence-corrected chi connectivity index (χ1v) is 10.1. The number of anilines is 1. The molecule has 4 rings (SSSR count). The van der Waals surface area contributed by atoms with Gasteiger partial charge >= 0.3 is 5.97 Å². The number of hydrogen-bond donors (Lipinski definition) is 1. The number of benzene rings is 1. The van der Waals surface area contributed by atoms with Crippen molar-refractivity contribution in [2.24, 2.45) is 5.92 Å². The van der Waals surface area contributed by atoms with Crippen LogP contribution in [0, 0.1) is 18.3 Å². The number of pyridine rings is 1. The normalized spacial score (nSPS) is 21.0. The monoisotopic (exact) mass is 444 g/mol. The van der Waals surface area contributed by atoms with Crippen LogP contribution in [0.5, 0.6) is 0 Å². The molecule has 1 aromatic carbocycles. The first-order valence-electron chi connectivity index (χ1n) is 9.30. The molecule has 3 atom stereocenters. The molecule has 9 heteroatoms. The quantitative estimate of drug-likeness (QED) is 0.491. The third kappa shape index (κ3) is 3.37. The third-order valence-corrected chi connectivity index (χ3v) is 5.92. The van der Waals surface area contributed by atoms with Crippen LogP contribution in [0.2, 0.25) is 10.0 Å². The summed E-state index contributed by atoms with van der Waals surface area (Å²) in [6.07, 6.45) is 9.58. The summed E-state index contributed by atoms with van der Waals surface area (Å²) in [5.41, 5.74) is 1.21. The molecule has 1 saturated heterocycles. The van der Waals surface area contributed by atoms with Gasteiger partial charge in [-0.25, -0.2) is 14.8 Å². The lowest BCUT2D eigenvalue weighted by atomic mass is 10.0. The molecule has 0 bridgehead atoms. The fourth-order valence-corrected chi connectivity index (χ4v) is 4.04. The number of ether oxygens (including phenoxy) is 1. The zero-order valence-corrected chi connectivity index (χ0v) is 17.5. The van der Waals surface area contributed by atoms with Crippen LogP contribution in [0.1, 0.15) is 6.92 Å². The average molecular weight is 445 g/mol. The Kier molecular flexibility index (Phi) is 5.56. The number of aliphatic hydroxyl groups is 1. The van der Waals surface area contributed by atoms with Gasteiger partial charge in [-0.3, -0.25) is 0 Å². The Hall–Kier alpha value is -2.79. The van der Waals surface area contributed by atoms with E-state index in [4.69, 9.17) is 34.4 Å². The van der Waals surface area contributed by atoms with Crippen LogP contribution < -0.4 is 4.90 Å². The molecule has 1 fully saturated rings. The molecule has 0 saturated carbocycles. The highest BCUT2D eigenvalue weighted by molar-refractivity contribution is 6.45. The van der Waals surface area contributed by atoms with Gasteiger partial charge in [-0.2, -0.15) is 0 Å². The van der Waals surface area contributed by atoms with Gasteiger partial charge in [0.2, 0.25) is 0 Å². The van der Waals surface area contributed by atoms with Crippen LogP contribution in [0.4, 0.5) is 5.82 Å². The molecule has 0 amide bonds. The van der Waals surface area contributed by atoms with Gasteiger partial charge in [0.1, 0.15) is 11.9 Å². The van der Waals surface area contributed by atoms with Crippen LogP contribution in [-0.2, 0) is 9.53 Å². The lowest BCUT2D eigenvalue weighted by Crippen LogP contribution is -2.44. The number of terminal acetylenes is 1. The topological polar surface area (TPSA) is 80.5 Å². The summed E-state index contributed by atoms with van der Waals surface area (Å²) < 4.78 is 6.98. The fourth-order valence-electron chi connectivity index (χ4n) is 3.68. The van der Waals surface area contributed by atoms with Crippen molar-refractivity contribution in [3.63, 3.8) is 0 Å². The van der Waals surface area contributed by atoms with Crippen LogP contribution >= 0.6 is 23.2 Å². The summed E-state index contributed by atoms with van der Waals surface area (Å²) in [5, 5.41) is 12.1. The Morgan fingerprint density at radius 1 is 1.43 bits per heavy atom. The Labute approximate surface area is 183 Å². The van der Waals surface area contributed by atoms with Crippen molar-refractivity contribution in [2.45, 2.75) is 19.1 Å². The van der Waals surface area contributed by atoms with E-state index in [2.05, 4.69) is 15.9 Å². The third-order valence-electron chi connectivity index (χ3n) is 5.12. The van der Waals surface area contributed by atoms with Crippen molar-refractivity contribution >= 4 is 45.9 Å². The zero-order chi connectivity index (χ0) is 21.4. The molecule has 154 valence electrons. The number of carbonyl (C=O) groups is 1. The Balaban J connectivity index is 1.92. The summed E-state index contributed by atoms with van der Waals surface area (Å²) in [5.74, 6) is 1.86. The Bertz CT molecular complexity index is 1140. The first kappa shape index (κ1) is 20.5. The maximum atomic E-state index is 12.6. The predicted octanol–water partition coefficient (Wildman–Crippen LogP) is 3.09. The van der Waals surface area contributed by atoms with Crippen LogP contribution in [-0.4, -0.2) is 50.9 Å². The number of aromatic nitrogens is 3. The van der Waals surface area contributed by atoms with Crippen molar-refractivity contribution in [1.29, 1.82) is 0 Å². The Morgan fingerprint density at radius 2 is 2.23 bits per heavy atom. The highest BCUT2D eigenvalue weighted by Gasteiger charge is 2.46. The summed E-state index contributed by atoms with van der Waals surface area (Å²) in [4.78, 5) is 23.1. The largest absolute Gasteiger partial charge is 0.464 e. The second-order valence-electron chi connectivity index (χ2n) is 6.84. The molecule has 30 heavy (non-hydrogen) atoms. The summed E-state index contributed by atoms with van der Waals surface area (Å²) in [6, 6.07) is 4.33. The van der Waals surface area contributed by atoms with Crippen molar-refractivity contribution in [2.75, 3.05) is 18.1 Å². The van der Waals surface area contributed by atoms with E-state index in [-0.39, 0.29) is 13.2 Å². The fraction of sp³-hybridized carbons (Fsp3) is 0.286. The van der Waals surface area contributed by atoms with Gasteiger partial charge in [0, 0.05) is 30.4 Å². The minimum Gasteiger partial charge on any atom is -0.464 e.